The summed E-state index contributed by atoms with van der Waals surface area (Å²) in [5.41, 5.74) is 1.28. The van der Waals surface area contributed by atoms with Crippen LogP contribution >= 0.6 is 0 Å². The van der Waals surface area contributed by atoms with Crippen LogP contribution in [0.4, 0.5) is 0 Å². The Morgan fingerprint density at radius 3 is 2.41 bits per heavy atom. The third-order valence-corrected chi connectivity index (χ3v) is 3.22. The highest BCUT2D eigenvalue weighted by Gasteiger charge is 2.12. The zero-order chi connectivity index (χ0) is 11.9. The van der Waals surface area contributed by atoms with Crippen molar-refractivity contribution in [2.75, 3.05) is 32.7 Å². The van der Waals surface area contributed by atoms with Gasteiger partial charge in [-0.15, -0.1) is 0 Å². The number of hydrogen-bond acceptors (Lipinski definition) is 2. The minimum absolute atomic E-state index is 1.16. The Morgan fingerprint density at radius 2 is 1.76 bits per heavy atom. The third kappa shape index (κ3) is 3.90. The fraction of sp³-hybridized carbons (Fsp3) is 0.467. The molecule has 0 unspecified atom stereocenters. The van der Waals surface area contributed by atoms with Crippen LogP contribution in [0.3, 0.4) is 0 Å². The molecule has 1 aromatic carbocycles. The quantitative estimate of drug-likeness (QED) is 0.784. The highest BCUT2D eigenvalue weighted by Crippen LogP contribution is 2.06. The van der Waals surface area contributed by atoms with Gasteiger partial charge in [0.15, 0.2) is 0 Å². The van der Waals surface area contributed by atoms with E-state index in [1.807, 2.05) is 0 Å². The smallest absolute Gasteiger partial charge is 0.0300 e. The molecule has 1 aliphatic rings. The minimum Gasteiger partial charge on any atom is -0.375 e. The van der Waals surface area contributed by atoms with Crippen molar-refractivity contribution in [3.05, 3.63) is 42.1 Å². The van der Waals surface area contributed by atoms with Gasteiger partial charge in [-0.25, -0.2) is 0 Å². The van der Waals surface area contributed by atoms with E-state index in [4.69, 9.17) is 0 Å². The molecule has 1 aromatic rings. The summed E-state index contributed by atoms with van der Waals surface area (Å²) in [7, 11) is 0. The number of hydrogen-bond donors (Lipinski definition) is 0. The van der Waals surface area contributed by atoms with E-state index in [1.54, 1.807) is 0 Å². The van der Waals surface area contributed by atoms with Crippen molar-refractivity contribution in [2.45, 2.75) is 13.3 Å². The van der Waals surface area contributed by atoms with Crippen LogP contribution < -0.4 is 0 Å². The summed E-state index contributed by atoms with van der Waals surface area (Å²) < 4.78 is 0. The highest BCUT2D eigenvalue weighted by atomic mass is 15.2. The lowest BCUT2D eigenvalue weighted by molar-refractivity contribution is 0.169. The van der Waals surface area contributed by atoms with Gasteiger partial charge in [-0.3, -0.25) is 4.90 Å². The third-order valence-electron chi connectivity index (χ3n) is 3.22. The molecule has 0 N–H and O–H groups in total. The van der Waals surface area contributed by atoms with Gasteiger partial charge in [0.2, 0.25) is 0 Å². The molecule has 2 rings (SSSR count). The van der Waals surface area contributed by atoms with Gasteiger partial charge in [0.25, 0.3) is 0 Å². The zero-order valence-electron chi connectivity index (χ0n) is 10.7. The average Bonchev–Trinajstić information content (AvgIpc) is 2.40. The first-order chi connectivity index (χ1) is 8.38. The summed E-state index contributed by atoms with van der Waals surface area (Å²) in [6.07, 6.45) is 5.70. The lowest BCUT2D eigenvalue weighted by Crippen LogP contribution is -2.44. The van der Waals surface area contributed by atoms with Crippen molar-refractivity contribution in [1.29, 1.82) is 0 Å². The molecule has 1 saturated heterocycles. The van der Waals surface area contributed by atoms with Crippen LogP contribution in [0.15, 0.2) is 36.5 Å². The molecule has 0 radical (unpaired) electrons. The summed E-state index contributed by atoms with van der Waals surface area (Å²) in [5, 5.41) is 0. The molecule has 1 aliphatic heterocycles. The summed E-state index contributed by atoms with van der Waals surface area (Å²) in [5.74, 6) is 0. The topological polar surface area (TPSA) is 6.48 Å². The molecule has 0 amide bonds. The van der Waals surface area contributed by atoms with Crippen LogP contribution in [-0.2, 0) is 0 Å². The van der Waals surface area contributed by atoms with Crippen LogP contribution in [0.1, 0.15) is 18.9 Å². The van der Waals surface area contributed by atoms with E-state index in [2.05, 4.69) is 59.3 Å². The lowest BCUT2D eigenvalue weighted by atomic mass is 10.2. The minimum atomic E-state index is 1.16. The molecule has 2 heteroatoms. The Kier molecular flexibility index (Phi) is 4.63. The van der Waals surface area contributed by atoms with Crippen molar-refractivity contribution in [3.63, 3.8) is 0 Å². The second kappa shape index (κ2) is 6.45. The van der Waals surface area contributed by atoms with Crippen molar-refractivity contribution >= 4 is 6.08 Å². The Hall–Kier alpha value is -1.28. The number of benzene rings is 1. The number of nitrogens with zero attached hydrogens (tertiary/aromatic N) is 2. The number of rotatable bonds is 4. The molecule has 0 spiro atoms. The molecule has 17 heavy (non-hydrogen) atoms. The first kappa shape index (κ1) is 12.2. The van der Waals surface area contributed by atoms with Crippen LogP contribution in [0.5, 0.6) is 0 Å². The fourth-order valence-electron chi connectivity index (χ4n) is 2.21. The zero-order valence-corrected chi connectivity index (χ0v) is 10.7. The monoisotopic (exact) mass is 230 g/mol. The Bertz CT molecular complexity index is 337. The van der Waals surface area contributed by atoms with E-state index in [9.17, 15) is 0 Å². The summed E-state index contributed by atoms with van der Waals surface area (Å²) in [6, 6.07) is 10.5. The van der Waals surface area contributed by atoms with E-state index in [1.165, 1.54) is 31.6 Å². The van der Waals surface area contributed by atoms with Crippen molar-refractivity contribution in [3.8, 4) is 0 Å². The molecule has 0 saturated carbocycles. The predicted molar refractivity (Wildman–Crippen MR) is 73.8 cm³/mol. The molecule has 0 atom stereocenters. The first-order valence-electron chi connectivity index (χ1n) is 6.58. The predicted octanol–water partition coefficient (Wildman–Crippen LogP) is 2.68. The molecule has 2 nitrogen and oxygen atoms in total. The standard InChI is InChI=1S/C15H22N2/c1-2-9-16-11-13-17(14-12-16)10-8-15-6-4-3-5-7-15/h3-8,10H,2,9,11-14H2,1H3. The maximum atomic E-state index is 2.55. The summed E-state index contributed by atoms with van der Waals surface area (Å²) in [4.78, 5) is 4.96. The Labute approximate surface area is 105 Å². The normalized spacial score (nSPS) is 17.8. The number of piperazine rings is 1. The van der Waals surface area contributed by atoms with Gasteiger partial charge in [-0.2, -0.15) is 0 Å². The maximum Gasteiger partial charge on any atom is 0.0300 e. The van der Waals surface area contributed by atoms with E-state index >= 15 is 0 Å². The van der Waals surface area contributed by atoms with Crippen LogP contribution in [-0.4, -0.2) is 42.5 Å². The van der Waals surface area contributed by atoms with Gasteiger partial charge in [-0.05, 0) is 30.8 Å². The second-order valence-electron chi connectivity index (χ2n) is 4.60. The Morgan fingerprint density at radius 1 is 1.06 bits per heavy atom. The van der Waals surface area contributed by atoms with Crippen molar-refractivity contribution in [1.82, 2.24) is 9.80 Å². The van der Waals surface area contributed by atoms with Gasteiger partial charge >= 0.3 is 0 Å². The molecule has 0 bridgehead atoms. The molecule has 92 valence electrons. The van der Waals surface area contributed by atoms with E-state index < -0.39 is 0 Å². The molecular weight excluding hydrogens is 208 g/mol. The van der Waals surface area contributed by atoms with E-state index in [0.29, 0.717) is 0 Å². The lowest BCUT2D eigenvalue weighted by Gasteiger charge is -2.33. The average molecular weight is 230 g/mol. The fourth-order valence-corrected chi connectivity index (χ4v) is 2.21. The molecule has 0 aromatic heterocycles. The van der Waals surface area contributed by atoms with Gasteiger partial charge in [0.1, 0.15) is 0 Å². The second-order valence-corrected chi connectivity index (χ2v) is 4.60. The first-order valence-corrected chi connectivity index (χ1v) is 6.58. The Balaban J connectivity index is 1.80. The van der Waals surface area contributed by atoms with Gasteiger partial charge < -0.3 is 4.90 Å². The van der Waals surface area contributed by atoms with Crippen molar-refractivity contribution < 1.29 is 0 Å². The molecule has 1 heterocycles. The van der Waals surface area contributed by atoms with Crippen molar-refractivity contribution in [2.24, 2.45) is 0 Å². The highest BCUT2D eigenvalue weighted by molar-refractivity contribution is 5.48. The van der Waals surface area contributed by atoms with Gasteiger partial charge in [0.05, 0.1) is 0 Å². The van der Waals surface area contributed by atoms with Gasteiger partial charge in [-0.1, -0.05) is 37.3 Å². The van der Waals surface area contributed by atoms with E-state index in [0.717, 1.165) is 13.1 Å². The largest absolute Gasteiger partial charge is 0.375 e. The summed E-state index contributed by atoms with van der Waals surface area (Å²) in [6.45, 7) is 8.21. The van der Waals surface area contributed by atoms with Crippen LogP contribution in [0.25, 0.3) is 6.08 Å². The summed E-state index contributed by atoms with van der Waals surface area (Å²) >= 11 is 0. The van der Waals surface area contributed by atoms with E-state index in [-0.39, 0.29) is 0 Å². The molecule has 1 fully saturated rings. The van der Waals surface area contributed by atoms with Crippen LogP contribution in [0, 0.1) is 0 Å². The van der Waals surface area contributed by atoms with Crippen LogP contribution in [0.2, 0.25) is 0 Å². The SMILES string of the molecule is CCCN1CCN(C=Cc2ccccc2)CC1. The maximum absolute atomic E-state index is 2.55. The molecular formula is C15H22N2. The van der Waals surface area contributed by atoms with Gasteiger partial charge in [0, 0.05) is 26.2 Å². The molecule has 0 aliphatic carbocycles.